The second-order valence-electron chi connectivity index (χ2n) is 7.20. The maximum atomic E-state index is 13.9. The number of aromatic nitrogens is 3. The first kappa shape index (κ1) is 20.0. The molecule has 8 heteroatoms. The van der Waals surface area contributed by atoms with Gasteiger partial charge in [-0.2, -0.15) is 0 Å². The quantitative estimate of drug-likeness (QED) is 0.435. The molecule has 0 aliphatic carbocycles. The Kier molecular flexibility index (Phi) is 4.75. The van der Waals surface area contributed by atoms with Gasteiger partial charge in [0.25, 0.3) is 5.56 Å². The maximum absolute atomic E-state index is 13.9. The molecule has 5 aromatic rings. The first-order chi connectivity index (χ1) is 15.5. The van der Waals surface area contributed by atoms with Gasteiger partial charge >= 0.3 is 5.69 Å². The van der Waals surface area contributed by atoms with Crippen LogP contribution in [0, 0.1) is 5.82 Å². The Hall–Kier alpha value is -3.97. The molecule has 0 fully saturated rings. The average molecular weight is 448 g/mol. The van der Waals surface area contributed by atoms with Crippen LogP contribution in [0.5, 0.6) is 5.75 Å². The lowest BCUT2D eigenvalue weighted by Crippen LogP contribution is -2.33. The zero-order valence-electron chi connectivity index (χ0n) is 16.7. The minimum atomic E-state index is -0.657. The van der Waals surface area contributed by atoms with Gasteiger partial charge in [0.15, 0.2) is 0 Å². The van der Waals surface area contributed by atoms with Gasteiger partial charge in [0.1, 0.15) is 11.6 Å². The Labute approximate surface area is 185 Å². The van der Waals surface area contributed by atoms with Crippen LogP contribution in [0.1, 0.15) is 0 Å². The zero-order valence-corrected chi connectivity index (χ0v) is 17.5. The minimum absolute atomic E-state index is 0.204. The number of aromatic amines is 1. The molecule has 3 aromatic carbocycles. The highest BCUT2D eigenvalue weighted by atomic mass is 35.5. The summed E-state index contributed by atoms with van der Waals surface area (Å²) >= 11 is 6.34. The molecule has 0 atom stereocenters. The normalized spacial score (nSPS) is 11.2. The molecule has 0 spiro atoms. The first-order valence-electron chi connectivity index (χ1n) is 9.63. The summed E-state index contributed by atoms with van der Waals surface area (Å²) in [4.78, 5) is 33.1. The zero-order chi connectivity index (χ0) is 22.4. The third kappa shape index (κ3) is 3.23. The van der Waals surface area contributed by atoms with Crippen molar-refractivity contribution in [3.63, 3.8) is 0 Å². The van der Waals surface area contributed by atoms with Crippen molar-refractivity contribution in [3.8, 4) is 22.6 Å². The topological polar surface area (TPSA) is 77.0 Å². The summed E-state index contributed by atoms with van der Waals surface area (Å²) in [6, 6.07) is 14.4. The van der Waals surface area contributed by atoms with Crippen molar-refractivity contribution in [1.29, 1.82) is 0 Å². The van der Waals surface area contributed by atoms with Crippen molar-refractivity contribution in [1.82, 2.24) is 14.5 Å². The molecule has 0 saturated carbocycles. The van der Waals surface area contributed by atoms with Crippen LogP contribution in [0.25, 0.3) is 38.5 Å². The number of nitrogens with one attached hydrogen (secondary N) is 1. The van der Waals surface area contributed by atoms with Gasteiger partial charge in [-0.15, -0.1) is 0 Å². The molecular weight excluding hydrogens is 433 g/mol. The van der Waals surface area contributed by atoms with Crippen molar-refractivity contribution < 1.29 is 9.13 Å². The molecule has 2 heterocycles. The highest BCUT2D eigenvalue weighted by Crippen LogP contribution is 2.32. The average Bonchev–Trinajstić information content (AvgIpc) is 2.79. The van der Waals surface area contributed by atoms with Crippen molar-refractivity contribution in [2.24, 2.45) is 0 Å². The number of methoxy groups -OCH3 is 1. The van der Waals surface area contributed by atoms with Gasteiger partial charge in [-0.1, -0.05) is 17.7 Å². The van der Waals surface area contributed by atoms with Crippen molar-refractivity contribution >= 4 is 33.3 Å². The van der Waals surface area contributed by atoms with Gasteiger partial charge in [-0.3, -0.25) is 9.78 Å². The molecule has 0 aliphatic rings. The SMILES string of the molecule is COc1ccc(Cl)c(-c2ccc3c(=O)n(-c4cncc5ccc(F)cc45)c(=O)[nH]c3c2)c1. The van der Waals surface area contributed by atoms with E-state index in [0.29, 0.717) is 43.6 Å². The number of benzene rings is 3. The summed E-state index contributed by atoms with van der Waals surface area (Å²) in [7, 11) is 1.56. The molecule has 0 unspecified atom stereocenters. The van der Waals surface area contributed by atoms with Crippen LogP contribution in [-0.2, 0) is 0 Å². The van der Waals surface area contributed by atoms with Crippen molar-refractivity contribution in [3.05, 3.63) is 98.7 Å². The number of pyridine rings is 1. The monoisotopic (exact) mass is 447 g/mol. The largest absolute Gasteiger partial charge is 0.497 e. The summed E-state index contributed by atoms with van der Waals surface area (Å²) in [5.41, 5.74) is 0.775. The van der Waals surface area contributed by atoms with E-state index in [1.165, 1.54) is 18.3 Å². The molecule has 0 bridgehead atoms. The van der Waals surface area contributed by atoms with E-state index in [1.54, 1.807) is 55.8 Å². The molecule has 158 valence electrons. The summed E-state index contributed by atoms with van der Waals surface area (Å²) in [6.07, 6.45) is 2.91. The van der Waals surface area contributed by atoms with E-state index in [9.17, 15) is 14.0 Å². The molecule has 6 nitrogen and oxygen atoms in total. The van der Waals surface area contributed by atoms with E-state index in [1.807, 2.05) is 0 Å². The first-order valence-corrected chi connectivity index (χ1v) is 10.0. The van der Waals surface area contributed by atoms with Gasteiger partial charge in [0.2, 0.25) is 0 Å². The lowest BCUT2D eigenvalue weighted by atomic mass is 10.0. The Morgan fingerprint density at radius 2 is 1.84 bits per heavy atom. The second kappa shape index (κ2) is 7.62. The summed E-state index contributed by atoms with van der Waals surface area (Å²) < 4.78 is 20.1. The molecule has 32 heavy (non-hydrogen) atoms. The summed E-state index contributed by atoms with van der Waals surface area (Å²) in [5.74, 6) is 0.152. The van der Waals surface area contributed by atoms with Crippen LogP contribution in [0.4, 0.5) is 4.39 Å². The number of nitrogens with zero attached hydrogens (tertiary/aromatic N) is 2. The third-order valence-corrected chi connectivity index (χ3v) is 5.65. The molecule has 2 aromatic heterocycles. The smallest absolute Gasteiger partial charge is 0.333 e. The fraction of sp³-hybridized carbons (Fsp3) is 0.0417. The Balaban J connectivity index is 1.74. The van der Waals surface area contributed by atoms with E-state index in [4.69, 9.17) is 16.3 Å². The van der Waals surface area contributed by atoms with Gasteiger partial charge in [-0.05, 0) is 54.1 Å². The lowest BCUT2D eigenvalue weighted by Gasteiger charge is -2.11. The standard InChI is InChI=1S/C24H15ClFN3O3/c1-32-16-5-7-20(25)18(10-16)13-3-6-17-21(8-13)28-24(31)29(23(17)30)22-12-27-11-14-2-4-15(26)9-19(14)22/h2-12H,1H3,(H,28,31). The predicted octanol–water partition coefficient (Wildman–Crippen LogP) is 4.70. The molecular formula is C24H15ClFN3O3. The third-order valence-electron chi connectivity index (χ3n) is 5.32. The summed E-state index contributed by atoms with van der Waals surface area (Å²) in [6.45, 7) is 0. The van der Waals surface area contributed by atoms with Gasteiger partial charge in [-0.25, -0.2) is 13.8 Å². The predicted molar refractivity (Wildman–Crippen MR) is 122 cm³/mol. The van der Waals surface area contributed by atoms with Crippen LogP contribution in [-0.4, -0.2) is 21.6 Å². The highest BCUT2D eigenvalue weighted by Gasteiger charge is 2.15. The fourth-order valence-corrected chi connectivity index (χ4v) is 3.98. The van der Waals surface area contributed by atoms with Crippen LogP contribution in [0.2, 0.25) is 5.02 Å². The number of fused-ring (bicyclic) bond motifs is 2. The van der Waals surface area contributed by atoms with Crippen molar-refractivity contribution in [2.75, 3.05) is 7.11 Å². The highest BCUT2D eigenvalue weighted by molar-refractivity contribution is 6.33. The molecule has 1 N–H and O–H groups in total. The van der Waals surface area contributed by atoms with Crippen LogP contribution in [0.3, 0.4) is 0 Å². The van der Waals surface area contributed by atoms with E-state index < -0.39 is 17.1 Å². The van der Waals surface area contributed by atoms with Crippen LogP contribution < -0.4 is 16.0 Å². The number of hydrogen-bond donors (Lipinski definition) is 1. The van der Waals surface area contributed by atoms with E-state index >= 15 is 0 Å². The van der Waals surface area contributed by atoms with Gasteiger partial charge in [0, 0.05) is 27.6 Å². The number of rotatable bonds is 3. The Morgan fingerprint density at radius 1 is 1.00 bits per heavy atom. The number of hydrogen-bond acceptors (Lipinski definition) is 4. The maximum Gasteiger partial charge on any atom is 0.333 e. The number of ether oxygens (including phenoxy) is 1. The lowest BCUT2D eigenvalue weighted by molar-refractivity contribution is 0.415. The van der Waals surface area contributed by atoms with Gasteiger partial charge in [0.05, 0.1) is 29.9 Å². The Morgan fingerprint density at radius 3 is 2.66 bits per heavy atom. The molecule has 0 aliphatic heterocycles. The second-order valence-corrected chi connectivity index (χ2v) is 7.61. The molecule has 0 amide bonds. The van der Waals surface area contributed by atoms with Crippen LogP contribution in [0.15, 0.2) is 76.6 Å². The van der Waals surface area contributed by atoms with E-state index in [2.05, 4.69) is 9.97 Å². The minimum Gasteiger partial charge on any atom is -0.497 e. The van der Waals surface area contributed by atoms with Gasteiger partial charge < -0.3 is 9.72 Å². The van der Waals surface area contributed by atoms with Crippen LogP contribution >= 0.6 is 11.6 Å². The molecule has 0 radical (unpaired) electrons. The number of halogens is 2. The van der Waals surface area contributed by atoms with E-state index in [0.717, 1.165) is 4.57 Å². The van der Waals surface area contributed by atoms with Crippen molar-refractivity contribution in [2.45, 2.75) is 0 Å². The number of H-pyrrole nitrogens is 1. The Bertz CT molecular complexity index is 1640. The fourth-order valence-electron chi connectivity index (χ4n) is 3.76. The molecule has 0 saturated heterocycles. The molecule has 5 rings (SSSR count). The van der Waals surface area contributed by atoms with E-state index in [-0.39, 0.29) is 5.69 Å². The summed E-state index contributed by atoms with van der Waals surface area (Å²) in [5, 5.41) is 1.82.